The number of rotatable bonds is 9. The molecule has 1 fully saturated rings. The third-order valence-corrected chi connectivity index (χ3v) is 6.02. The van der Waals surface area contributed by atoms with Gasteiger partial charge in [0, 0.05) is 38.1 Å². The molecule has 1 aromatic carbocycles. The maximum atomic E-state index is 13.2. The summed E-state index contributed by atoms with van der Waals surface area (Å²) >= 11 is 0. The summed E-state index contributed by atoms with van der Waals surface area (Å²) in [6, 6.07) is 11.2. The number of amides is 2. The number of benzene rings is 1. The third-order valence-electron chi connectivity index (χ3n) is 6.02. The van der Waals surface area contributed by atoms with Gasteiger partial charge in [0.15, 0.2) is 0 Å². The largest absolute Gasteiger partial charge is 0.497 e. The van der Waals surface area contributed by atoms with Crippen molar-refractivity contribution in [1.82, 2.24) is 24.8 Å². The van der Waals surface area contributed by atoms with Gasteiger partial charge in [0.1, 0.15) is 17.9 Å². The molecule has 2 amide bonds. The predicted molar refractivity (Wildman–Crippen MR) is 124 cm³/mol. The average molecular weight is 448 g/mol. The van der Waals surface area contributed by atoms with Crippen LogP contribution in [0, 0.1) is 5.92 Å². The maximum Gasteiger partial charge on any atom is 0.226 e. The Kier molecular flexibility index (Phi) is 7.02. The van der Waals surface area contributed by atoms with Gasteiger partial charge in [0.2, 0.25) is 11.8 Å². The number of nitrogens with one attached hydrogen (secondary N) is 1. The molecule has 8 nitrogen and oxygen atoms in total. The standard InChI is InChI=1S/C25H29N5O3/c1-3-4-12-30-23(31)14-21(24(30)19-6-8-20(33-2)9-7-19)25(32)28-16-18-5-10-22(27-15-18)29-13-11-26-17-29/h5-11,13,15,17,21,24H,3-4,12,14,16H2,1-2H3,(H,28,32). The minimum atomic E-state index is -0.444. The molecule has 172 valence electrons. The van der Waals surface area contributed by atoms with Crippen LogP contribution in [0.1, 0.15) is 43.4 Å². The first-order valence-electron chi connectivity index (χ1n) is 11.2. The van der Waals surface area contributed by atoms with Gasteiger partial charge in [-0.2, -0.15) is 0 Å². The molecule has 33 heavy (non-hydrogen) atoms. The van der Waals surface area contributed by atoms with Gasteiger partial charge in [0.25, 0.3) is 0 Å². The monoisotopic (exact) mass is 447 g/mol. The second-order valence-electron chi connectivity index (χ2n) is 8.18. The number of carbonyl (C=O) groups excluding carboxylic acids is 2. The SMILES string of the molecule is CCCCN1C(=O)CC(C(=O)NCc2ccc(-n3ccnc3)nc2)C1c1ccc(OC)cc1. The molecule has 1 saturated heterocycles. The molecule has 3 aromatic rings. The van der Waals surface area contributed by atoms with E-state index >= 15 is 0 Å². The molecule has 0 radical (unpaired) electrons. The highest BCUT2D eigenvalue weighted by molar-refractivity contribution is 5.90. The van der Waals surface area contributed by atoms with Crippen molar-refractivity contribution in [2.75, 3.05) is 13.7 Å². The van der Waals surface area contributed by atoms with Gasteiger partial charge in [-0.05, 0) is 35.7 Å². The van der Waals surface area contributed by atoms with Crippen LogP contribution in [0.3, 0.4) is 0 Å². The summed E-state index contributed by atoms with van der Waals surface area (Å²) in [4.78, 5) is 36.3. The highest BCUT2D eigenvalue weighted by Gasteiger charge is 2.44. The summed E-state index contributed by atoms with van der Waals surface area (Å²) < 4.78 is 7.08. The van der Waals surface area contributed by atoms with Crippen LogP contribution in [0.25, 0.3) is 5.82 Å². The van der Waals surface area contributed by atoms with Crippen LogP contribution < -0.4 is 10.1 Å². The van der Waals surface area contributed by atoms with E-state index < -0.39 is 5.92 Å². The minimum Gasteiger partial charge on any atom is -0.497 e. The number of hydrogen-bond donors (Lipinski definition) is 1. The molecular formula is C25H29N5O3. The van der Waals surface area contributed by atoms with Crippen LogP contribution in [0.5, 0.6) is 5.75 Å². The lowest BCUT2D eigenvalue weighted by molar-refractivity contribution is -0.129. The topological polar surface area (TPSA) is 89.4 Å². The molecule has 2 aromatic heterocycles. The molecular weight excluding hydrogens is 418 g/mol. The second kappa shape index (κ2) is 10.3. The van der Waals surface area contributed by atoms with Crippen LogP contribution in [0.15, 0.2) is 61.3 Å². The van der Waals surface area contributed by atoms with Gasteiger partial charge in [-0.25, -0.2) is 9.97 Å². The molecule has 8 heteroatoms. The van der Waals surface area contributed by atoms with Gasteiger partial charge >= 0.3 is 0 Å². The molecule has 4 rings (SSSR count). The Labute approximate surface area is 193 Å². The van der Waals surface area contributed by atoms with E-state index in [1.165, 1.54) is 0 Å². The summed E-state index contributed by atoms with van der Waals surface area (Å²) in [6.07, 6.45) is 9.05. The first-order valence-corrected chi connectivity index (χ1v) is 11.2. The van der Waals surface area contributed by atoms with Crippen LogP contribution in [-0.2, 0) is 16.1 Å². The smallest absolute Gasteiger partial charge is 0.226 e. The zero-order chi connectivity index (χ0) is 23.2. The quantitative estimate of drug-likeness (QED) is 0.544. The van der Waals surface area contributed by atoms with E-state index in [-0.39, 0.29) is 24.3 Å². The van der Waals surface area contributed by atoms with Crippen LogP contribution in [0.2, 0.25) is 0 Å². The number of unbranched alkanes of at least 4 members (excludes halogenated alkanes) is 1. The normalized spacial score (nSPS) is 17.9. The molecule has 0 saturated carbocycles. The van der Waals surface area contributed by atoms with E-state index in [0.717, 1.165) is 35.5 Å². The lowest BCUT2D eigenvalue weighted by atomic mass is 9.92. The Morgan fingerprint density at radius 2 is 2.03 bits per heavy atom. The van der Waals surface area contributed by atoms with Crippen molar-refractivity contribution < 1.29 is 14.3 Å². The number of methoxy groups -OCH3 is 1. The number of nitrogens with zero attached hydrogens (tertiary/aromatic N) is 4. The number of carbonyl (C=O) groups is 2. The van der Waals surface area contributed by atoms with Crippen LogP contribution in [-0.4, -0.2) is 44.9 Å². The molecule has 1 aliphatic rings. The van der Waals surface area contributed by atoms with Crippen molar-refractivity contribution in [3.8, 4) is 11.6 Å². The van der Waals surface area contributed by atoms with E-state index in [9.17, 15) is 9.59 Å². The summed E-state index contributed by atoms with van der Waals surface area (Å²) in [5.74, 6) is 0.962. The number of pyridine rings is 1. The highest BCUT2D eigenvalue weighted by atomic mass is 16.5. The van der Waals surface area contributed by atoms with Crippen molar-refractivity contribution in [3.63, 3.8) is 0 Å². The van der Waals surface area contributed by atoms with E-state index in [0.29, 0.717) is 13.1 Å². The van der Waals surface area contributed by atoms with Crippen molar-refractivity contribution >= 4 is 11.8 Å². The lowest BCUT2D eigenvalue weighted by Gasteiger charge is -2.28. The summed E-state index contributed by atoms with van der Waals surface area (Å²) in [5.41, 5.74) is 1.84. The van der Waals surface area contributed by atoms with Gasteiger partial charge in [-0.3, -0.25) is 14.2 Å². The summed E-state index contributed by atoms with van der Waals surface area (Å²) in [7, 11) is 1.62. The van der Waals surface area contributed by atoms with E-state index in [4.69, 9.17) is 4.74 Å². The van der Waals surface area contributed by atoms with E-state index in [1.54, 1.807) is 25.8 Å². The van der Waals surface area contributed by atoms with Gasteiger partial charge < -0.3 is 15.0 Å². The molecule has 2 atom stereocenters. The Bertz CT molecular complexity index is 1060. The Morgan fingerprint density at radius 1 is 1.21 bits per heavy atom. The summed E-state index contributed by atoms with van der Waals surface area (Å²) in [6.45, 7) is 3.10. The highest BCUT2D eigenvalue weighted by Crippen LogP contribution is 2.39. The fourth-order valence-electron chi connectivity index (χ4n) is 4.22. The second-order valence-corrected chi connectivity index (χ2v) is 8.18. The number of hydrogen-bond acceptors (Lipinski definition) is 5. The molecule has 2 unspecified atom stereocenters. The molecule has 3 heterocycles. The van der Waals surface area contributed by atoms with Gasteiger partial charge in [0.05, 0.1) is 19.1 Å². The third kappa shape index (κ3) is 5.05. The van der Waals surface area contributed by atoms with Crippen LogP contribution >= 0.6 is 0 Å². The first kappa shape index (κ1) is 22.5. The number of likely N-dealkylation sites (tertiary alicyclic amines) is 1. The fourth-order valence-corrected chi connectivity index (χ4v) is 4.22. The zero-order valence-electron chi connectivity index (χ0n) is 19.0. The van der Waals surface area contributed by atoms with Crippen molar-refractivity contribution in [3.05, 3.63) is 72.4 Å². The number of aromatic nitrogens is 3. The number of imidazole rings is 1. The van der Waals surface area contributed by atoms with E-state index in [2.05, 4.69) is 22.2 Å². The molecule has 0 spiro atoms. The van der Waals surface area contributed by atoms with Gasteiger partial charge in [-0.1, -0.05) is 31.5 Å². The Hall–Kier alpha value is -3.68. The predicted octanol–water partition coefficient (Wildman–Crippen LogP) is 3.28. The maximum absolute atomic E-state index is 13.2. The molecule has 1 N–H and O–H groups in total. The fraction of sp³-hybridized carbons (Fsp3) is 0.360. The van der Waals surface area contributed by atoms with Crippen LogP contribution in [0.4, 0.5) is 0 Å². The molecule has 0 bridgehead atoms. The zero-order valence-corrected chi connectivity index (χ0v) is 19.0. The molecule has 0 aliphatic carbocycles. The first-order chi connectivity index (χ1) is 16.1. The summed E-state index contributed by atoms with van der Waals surface area (Å²) in [5, 5.41) is 3.01. The lowest BCUT2D eigenvalue weighted by Crippen LogP contribution is -2.35. The average Bonchev–Trinajstić information content (AvgIpc) is 3.50. The Morgan fingerprint density at radius 3 is 2.67 bits per heavy atom. The van der Waals surface area contributed by atoms with Gasteiger partial charge in [-0.15, -0.1) is 0 Å². The van der Waals surface area contributed by atoms with E-state index in [1.807, 2.05) is 52.1 Å². The molecule has 1 aliphatic heterocycles. The van der Waals surface area contributed by atoms with Crippen molar-refractivity contribution in [2.24, 2.45) is 5.92 Å². The van der Waals surface area contributed by atoms with Crippen molar-refractivity contribution in [1.29, 1.82) is 0 Å². The Balaban J connectivity index is 1.47. The van der Waals surface area contributed by atoms with Crippen molar-refractivity contribution in [2.45, 2.75) is 38.8 Å². The minimum absolute atomic E-state index is 0.0239. The number of ether oxygens (including phenoxy) is 1.